The van der Waals surface area contributed by atoms with Crippen LogP contribution in [0.5, 0.6) is 0 Å². The van der Waals surface area contributed by atoms with Crippen molar-refractivity contribution < 1.29 is 18.8 Å². The average Bonchev–Trinajstić information content (AvgIpc) is 3.26. The molecule has 3 N–H and O–H groups in total. The number of rotatable bonds is 6. The lowest BCUT2D eigenvalue weighted by Gasteiger charge is -2.27. The molecule has 1 unspecified atom stereocenters. The number of hydrogen-bond acceptors (Lipinski definition) is 3. The van der Waals surface area contributed by atoms with Crippen LogP contribution in [-0.4, -0.2) is 35.4 Å². The van der Waals surface area contributed by atoms with Gasteiger partial charge in [0.25, 0.3) is 11.8 Å². The molecule has 0 bridgehead atoms. The standard InChI is InChI=1S/C27H28ClFN4O3/c28-22-8-6-18(29)12-21(22)26(35)32-19-7-9-23-17(10-19)11-24-27(36)31-15-20(33(23)24)13-25(34)30-14-16-4-2-1-3-5-16/h6-12,16,20H,1-5,13-15H2,(H,30,34)(H,31,36)(H,32,35). The van der Waals surface area contributed by atoms with Crippen molar-refractivity contribution in [3.63, 3.8) is 0 Å². The third kappa shape index (κ3) is 5.09. The number of anilines is 1. The molecule has 1 aliphatic carbocycles. The number of nitrogens with zero attached hydrogens (tertiary/aromatic N) is 1. The fourth-order valence-corrected chi connectivity index (χ4v) is 5.45. The van der Waals surface area contributed by atoms with Gasteiger partial charge in [-0.25, -0.2) is 4.39 Å². The number of hydrogen-bond donors (Lipinski definition) is 3. The second-order valence-corrected chi connectivity index (χ2v) is 10.0. The lowest BCUT2D eigenvalue weighted by molar-refractivity contribution is -0.122. The Morgan fingerprint density at radius 3 is 2.69 bits per heavy atom. The van der Waals surface area contributed by atoms with Crippen molar-refractivity contribution in [3.05, 3.63) is 64.6 Å². The fourth-order valence-electron chi connectivity index (χ4n) is 5.24. The lowest BCUT2D eigenvalue weighted by atomic mass is 9.89. The van der Waals surface area contributed by atoms with Crippen molar-refractivity contribution in [2.24, 2.45) is 5.92 Å². The van der Waals surface area contributed by atoms with E-state index in [2.05, 4.69) is 16.0 Å². The molecule has 3 aromatic rings. The third-order valence-electron chi connectivity index (χ3n) is 7.10. The SMILES string of the molecule is O=C(CC1CNC(=O)c2cc3cc(NC(=O)c4cc(F)ccc4Cl)ccc3n21)NCC1CCCCC1. The Balaban J connectivity index is 1.33. The number of carbonyl (C=O) groups is 3. The fraction of sp³-hybridized carbons (Fsp3) is 0.370. The van der Waals surface area contributed by atoms with Crippen LogP contribution in [0.3, 0.4) is 0 Å². The highest BCUT2D eigenvalue weighted by Crippen LogP contribution is 2.31. The first-order valence-electron chi connectivity index (χ1n) is 12.4. The molecule has 0 spiro atoms. The third-order valence-corrected chi connectivity index (χ3v) is 7.43. The van der Waals surface area contributed by atoms with E-state index in [-0.39, 0.29) is 34.9 Å². The van der Waals surface area contributed by atoms with Crippen LogP contribution in [0.2, 0.25) is 5.02 Å². The van der Waals surface area contributed by atoms with Gasteiger partial charge in [0, 0.05) is 36.1 Å². The minimum Gasteiger partial charge on any atom is -0.356 e. The van der Waals surface area contributed by atoms with Gasteiger partial charge in [-0.3, -0.25) is 14.4 Å². The van der Waals surface area contributed by atoms with E-state index in [1.54, 1.807) is 18.2 Å². The second-order valence-electron chi connectivity index (χ2n) is 9.63. The maximum Gasteiger partial charge on any atom is 0.268 e. The van der Waals surface area contributed by atoms with E-state index in [4.69, 9.17) is 11.6 Å². The highest BCUT2D eigenvalue weighted by atomic mass is 35.5. The number of nitrogens with one attached hydrogen (secondary N) is 3. The highest BCUT2D eigenvalue weighted by molar-refractivity contribution is 6.34. The molecule has 3 amide bonds. The zero-order valence-corrected chi connectivity index (χ0v) is 20.5. The van der Waals surface area contributed by atoms with E-state index in [1.165, 1.54) is 31.4 Å². The maximum absolute atomic E-state index is 13.6. The van der Waals surface area contributed by atoms with Gasteiger partial charge in [-0.15, -0.1) is 0 Å². The van der Waals surface area contributed by atoms with E-state index in [0.717, 1.165) is 29.8 Å². The van der Waals surface area contributed by atoms with Gasteiger partial charge in [-0.1, -0.05) is 30.9 Å². The van der Waals surface area contributed by atoms with Crippen molar-refractivity contribution in [2.45, 2.75) is 44.6 Å². The van der Waals surface area contributed by atoms with Gasteiger partial charge in [0.05, 0.1) is 16.6 Å². The summed E-state index contributed by atoms with van der Waals surface area (Å²) in [5, 5.41) is 9.60. The molecule has 5 rings (SSSR count). The minimum absolute atomic E-state index is 0.0228. The van der Waals surface area contributed by atoms with E-state index in [1.807, 2.05) is 10.6 Å². The highest BCUT2D eigenvalue weighted by Gasteiger charge is 2.29. The molecule has 2 heterocycles. The van der Waals surface area contributed by atoms with Crippen LogP contribution in [0.25, 0.3) is 10.9 Å². The molecular formula is C27H28ClFN4O3. The zero-order valence-electron chi connectivity index (χ0n) is 19.8. The Hall–Kier alpha value is -3.39. The largest absolute Gasteiger partial charge is 0.356 e. The monoisotopic (exact) mass is 510 g/mol. The van der Waals surface area contributed by atoms with Gasteiger partial charge in [0.1, 0.15) is 11.5 Å². The van der Waals surface area contributed by atoms with Crippen LogP contribution in [0, 0.1) is 11.7 Å². The Morgan fingerprint density at radius 2 is 1.89 bits per heavy atom. The van der Waals surface area contributed by atoms with E-state index in [0.29, 0.717) is 30.4 Å². The molecule has 2 aliphatic rings. The summed E-state index contributed by atoms with van der Waals surface area (Å²) < 4.78 is 15.5. The summed E-state index contributed by atoms with van der Waals surface area (Å²) >= 11 is 6.05. The van der Waals surface area contributed by atoms with Crippen LogP contribution in [0.1, 0.15) is 65.4 Å². The van der Waals surface area contributed by atoms with Gasteiger partial charge >= 0.3 is 0 Å². The van der Waals surface area contributed by atoms with Crippen LogP contribution < -0.4 is 16.0 Å². The Bertz CT molecular complexity index is 1330. The maximum atomic E-state index is 13.6. The van der Waals surface area contributed by atoms with Crippen molar-refractivity contribution in [1.29, 1.82) is 0 Å². The summed E-state index contributed by atoms with van der Waals surface area (Å²) in [5.41, 5.74) is 1.79. The molecule has 9 heteroatoms. The average molecular weight is 511 g/mol. The van der Waals surface area contributed by atoms with Crippen LogP contribution in [0.15, 0.2) is 42.5 Å². The Morgan fingerprint density at radius 1 is 1.08 bits per heavy atom. The van der Waals surface area contributed by atoms with Crippen LogP contribution >= 0.6 is 11.6 Å². The number of carbonyl (C=O) groups excluding carboxylic acids is 3. The van der Waals surface area contributed by atoms with Crippen molar-refractivity contribution in [1.82, 2.24) is 15.2 Å². The summed E-state index contributed by atoms with van der Waals surface area (Å²) in [7, 11) is 0. The van der Waals surface area contributed by atoms with Crippen LogP contribution in [-0.2, 0) is 4.79 Å². The molecule has 7 nitrogen and oxygen atoms in total. The van der Waals surface area contributed by atoms with Crippen molar-refractivity contribution >= 4 is 45.9 Å². The van der Waals surface area contributed by atoms with Gasteiger partial charge in [-0.05, 0) is 61.2 Å². The summed E-state index contributed by atoms with van der Waals surface area (Å²) in [5.74, 6) is -0.770. The Kier molecular flexibility index (Phi) is 6.96. The first kappa shape index (κ1) is 24.3. The molecule has 1 aromatic heterocycles. The smallest absolute Gasteiger partial charge is 0.268 e. The zero-order chi connectivity index (χ0) is 25.2. The first-order chi connectivity index (χ1) is 17.4. The lowest BCUT2D eigenvalue weighted by Crippen LogP contribution is -2.41. The molecule has 1 saturated carbocycles. The molecule has 0 radical (unpaired) electrons. The van der Waals surface area contributed by atoms with E-state index < -0.39 is 11.7 Å². The normalized spacial score (nSPS) is 17.9. The minimum atomic E-state index is -0.556. The summed E-state index contributed by atoms with van der Waals surface area (Å²) in [6.07, 6.45) is 6.32. The number of aromatic nitrogens is 1. The van der Waals surface area contributed by atoms with E-state index >= 15 is 0 Å². The van der Waals surface area contributed by atoms with Gasteiger partial charge < -0.3 is 20.5 Å². The van der Waals surface area contributed by atoms with E-state index in [9.17, 15) is 18.8 Å². The molecule has 1 aliphatic heterocycles. The second kappa shape index (κ2) is 10.3. The number of fused-ring (bicyclic) bond motifs is 3. The molecule has 188 valence electrons. The molecule has 2 aromatic carbocycles. The summed E-state index contributed by atoms with van der Waals surface area (Å²) in [4.78, 5) is 38.0. The number of halogens is 2. The predicted molar refractivity (Wildman–Crippen MR) is 137 cm³/mol. The van der Waals surface area contributed by atoms with Gasteiger partial charge in [-0.2, -0.15) is 0 Å². The number of benzene rings is 2. The molecule has 1 fully saturated rings. The first-order valence-corrected chi connectivity index (χ1v) is 12.7. The molecule has 0 saturated heterocycles. The Labute approximate surface area is 213 Å². The van der Waals surface area contributed by atoms with Gasteiger partial charge in [0.2, 0.25) is 5.91 Å². The summed E-state index contributed by atoms with van der Waals surface area (Å²) in [6.45, 7) is 1.07. The predicted octanol–water partition coefficient (Wildman–Crippen LogP) is 5.06. The van der Waals surface area contributed by atoms with Crippen LogP contribution in [0.4, 0.5) is 10.1 Å². The van der Waals surface area contributed by atoms with Crippen molar-refractivity contribution in [2.75, 3.05) is 18.4 Å². The molecular weight excluding hydrogens is 483 g/mol. The van der Waals surface area contributed by atoms with Gasteiger partial charge in [0.15, 0.2) is 0 Å². The topological polar surface area (TPSA) is 92.2 Å². The quantitative estimate of drug-likeness (QED) is 0.433. The summed E-state index contributed by atoms with van der Waals surface area (Å²) in [6, 6.07) is 10.4. The molecule has 1 atom stereocenters. The molecule has 36 heavy (non-hydrogen) atoms. The number of amides is 3. The van der Waals surface area contributed by atoms with Crippen molar-refractivity contribution in [3.8, 4) is 0 Å².